The van der Waals surface area contributed by atoms with Crippen LogP contribution in [0.25, 0.3) is 11.1 Å². The van der Waals surface area contributed by atoms with Gasteiger partial charge in [0.2, 0.25) is 5.91 Å². The Balaban J connectivity index is 1.77. The third-order valence-electron chi connectivity index (χ3n) is 5.12. The summed E-state index contributed by atoms with van der Waals surface area (Å²) >= 11 is 6.22. The van der Waals surface area contributed by atoms with Gasteiger partial charge in [0.15, 0.2) is 0 Å². The molecule has 0 spiro atoms. The third-order valence-corrected chi connectivity index (χ3v) is 5.36. The van der Waals surface area contributed by atoms with Crippen LogP contribution >= 0.6 is 11.6 Å². The SMILES string of the molecule is COc1ccc(Cl)cc1-c1ccccc1CCC(=O)N(NC(=O)c1ccccc1)C(C)C. The minimum Gasteiger partial charge on any atom is -0.496 e. The van der Waals surface area contributed by atoms with Gasteiger partial charge in [0.1, 0.15) is 5.75 Å². The Kier molecular flexibility index (Phi) is 7.90. The van der Waals surface area contributed by atoms with Crippen molar-refractivity contribution in [3.8, 4) is 16.9 Å². The van der Waals surface area contributed by atoms with E-state index in [-0.39, 0.29) is 24.3 Å². The van der Waals surface area contributed by atoms with Gasteiger partial charge in [-0.2, -0.15) is 0 Å². The second-order valence-electron chi connectivity index (χ2n) is 7.67. The largest absolute Gasteiger partial charge is 0.496 e. The number of aryl methyl sites for hydroxylation is 1. The molecule has 0 heterocycles. The summed E-state index contributed by atoms with van der Waals surface area (Å²) in [5.41, 5.74) is 6.09. The van der Waals surface area contributed by atoms with Crippen LogP contribution in [-0.4, -0.2) is 30.0 Å². The van der Waals surface area contributed by atoms with Crippen LogP contribution in [0.1, 0.15) is 36.2 Å². The van der Waals surface area contributed by atoms with Crippen LogP contribution in [0, 0.1) is 0 Å². The maximum absolute atomic E-state index is 13.0. The van der Waals surface area contributed by atoms with E-state index in [4.69, 9.17) is 16.3 Å². The summed E-state index contributed by atoms with van der Waals surface area (Å²) in [5.74, 6) is 0.251. The normalized spacial score (nSPS) is 10.7. The van der Waals surface area contributed by atoms with Crippen LogP contribution in [0.4, 0.5) is 0 Å². The number of hydrogen-bond acceptors (Lipinski definition) is 3. The van der Waals surface area contributed by atoms with E-state index in [1.165, 1.54) is 5.01 Å². The molecular weight excluding hydrogens is 424 g/mol. The van der Waals surface area contributed by atoms with E-state index < -0.39 is 0 Å². The quantitative estimate of drug-likeness (QED) is 0.481. The fourth-order valence-electron chi connectivity index (χ4n) is 3.50. The molecule has 0 aromatic heterocycles. The Hall–Kier alpha value is -3.31. The van der Waals surface area contributed by atoms with Crippen molar-refractivity contribution in [1.29, 1.82) is 0 Å². The smallest absolute Gasteiger partial charge is 0.269 e. The van der Waals surface area contributed by atoms with Gasteiger partial charge in [-0.25, -0.2) is 0 Å². The summed E-state index contributed by atoms with van der Waals surface area (Å²) in [5, 5.41) is 2.01. The van der Waals surface area contributed by atoms with Gasteiger partial charge in [-0.1, -0.05) is 54.1 Å². The number of nitrogens with zero attached hydrogens (tertiary/aromatic N) is 1. The second kappa shape index (κ2) is 10.8. The Morgan fingerprint density at radius 2 is 1.66 bits per heavy atom. The monoisotopic (exact) mass is 450 g/mol. The van der Waals surface area contributed by atoms with E-state index in [9.17, 15) is 9.59 Å². The highest BCUT2D eigenvalue weighted by atomic mass is 35.5. The zero-order chi connectivity index (χ0) is 23.1. The summed E-state index contributed by atoms with van der Waals surface area (Å²) < 4.78 is 5.51. The Morgan fingerprint density at radius 1 is 0.969 bits per heavy atom. The van der Waals surface area contributed by atoms with Gasteiger partial charge in [0, 0.05) is 28.6 Å². The zero-order valence-electron chi connectivity index (χ0n) is 18.5. The van der Waals surface area contributed by atoms with E-state index in [0.717, 1.165) is 16.7 Å². The highest BCUT2D eigenvalue weighted by molar-refractivity contribution is 6.31. The number of halogens is 1. The van der Waals surface area contributed by atoms with Crippen LogP contribution in [0.2, 0.25) is 5.02 Å². The number of hydrogen-bond donors (Lipinski definition) is 1. The van der Waals surface area contributed by atoms with Gasteiger partial charge in [-0.05, 0) is 61.7 Å². The number of amides is 2. The summed E-state index contributed by atoms with van der Waals surface area (Å²) in [6, 6.07) is 22.0. The van der Waals surface area contributed by atoms with E-state index in [1.807, 2.05) is 56.3 Å². The van der Waals surface area contributed by atoms with Gasteiger partial charge in [-0.15, -0.1) is 0 Å². The molecule has 166 valence electrons. The molecule has 0 saturated carbocycles. The lowest BCUT2D eigenvalue weighted by Gasteiger charge is -2.27. The number of rotatable bonds is 7. The van der Waals surface area contributed by atoms with Crippen LogP contribution in [0.3, 0.4) is 0 Å². The van der Waals surface area contributed by atoms with Crippen molar-refractivity contribution < 1.29 is 14.3 Å². The number of hydrazine groups is 1. The highest BCUT2D eigenvalue weighted by Crippen LogP contribution is 2.35. The van der Waals surface area contributed by atoms with Crippen molar-refractivity contribution >= 4 is 23.4 Å². The molecule has 0 radical (unpaired) electrons. The number of ether oxygens (including phenoxy) is 1. The summed E-state index contributed by atoms with van der Waals surface area (Å²) in [4.78, 5) is 25.6. The minimum absolute atomic E-state index is 0.155. The first kappa shape index (κ1) is 23.4. The van der Waals surface area contributed by atoms with Gasteiger partial charge in [-0.3, -0.25) is 20.0 Å². The van der Waals surface area contributed by atoms with E-state index in [2.05, 4.69) is 5.43 Å². The van der Waals surface area contributed by atoms with Crippen molar-refractivity contribution in [2.75, 3.05) is 7.11 Å². The fraction of sp³-hybridized carbons (Fsp3) is 0.231. The summed E-state index contributed by atoms with van der Waals surface area (Å²) in [6.45, 7) is 3.74. The number of benzene rings is 3. The Morgan fingerprint density at radius 3 is 2.34 bits per heavy atom. The van der Waals surface area contributed by atoms with Crippen LogP contribution < -0.4 is 10.2 Å². The maximum atomic E-state index is 13.0. The topological polar surface area (TPSA) is 58.6 Å². The summed E-state index contributed by atoms with van der Waals surface area (Å²) in [7, 11) is 1.62. The molecule has 3 aromatic rings. The van der Waals surface area contributed by atoms with Crippen LogP contribution in [0.15, 0.2) is 72.8 Å². The highest BCUT2D eigenvalue weighted by Gasteiger charge is 2.21. The van der Waals surface area contributed by atoms with Gasteiger partial charge in [0.25, 0.3) is 5.91 Å². The van der Waals surface area contributed by atoms with Gasteiger partial charge >= 0.3 is 0 Å². The van der Waals surface area contributed by atoms with Crippen molar-refractivity contribution in [2.24, 2.45) is 0 Å². The predicted octanol–water partition coefficient (Wildman–Crippen LogP) is 5.53. The Bertz CT molecular complexity index is 1080. The minimum atomic E-state index is -0.309. The molecule has 0 fully saturated rings. The van der Waals surface area contributed by atoms with Crippen molar-refractivity contribution in [3.05, 3.63) is 88.9 Å². The fourth-order valence-corrected chi connectivity index (χ4v) is 3.67. The van der Waals surface area contributed by atoms with Crippen molar-refractivity contribution in [3.63, 3.8) is 0 Å². The first-order valence-corrected chi connectivity index (χ1v) is 10.9. The van der Waals surface area contributed by atoms with Crippen LogP contribution in [-0.2, 0) is 11.2 Å². The summed E-state index contributed by atoms with van der Waals surface area (Å²) in [6.07, 6.45) is 0.752. The molecule has 0 bridgehead atoms. The lowest BCUT2D eigenvalue weighted by atomic mass is 9.96. The first-order chi connectivity index (χ1) is 15.4. The van der Waals surface area contributed by atoms with E-state index in [1.54, 1.807) is 37.4 Å². The molecule has 5 nitrogen and oxygen atoms in total. The van der Waals surface area contributed by atoms with E-state index in [0.29, 0.717) is 22.8 Å². The average Bonchev–Trinajstić information content (AvgIpc) is 2.81. The molecule has 0 aliphatic rings. The molecule has 32 heavy (non-hydrogen) atoms. The number of methoxy groups -OCH3 is 1. The second-order valence-corrected chi connectivity index (χ2v) is 8.10. The van der Waals surface area contributed by atoms with Gasteiger partial charge < -0.3 is 4.74 Å². The molecule has 3 rings (SSSR count). The third kappa shape index (κ3) is 5.68. The number of carbonyl (C=O) groups is 2. The lowest BCUT2D eigenvalue weighted by Crippen LogP contribution is -2.50. The maximum Gasteiger partial charge on any atom is 0.269 e. The molecule has 0 saturated heterocycles. The first-order valence-electron chi connectivity index (χ1n) is 10.5. The molecule has 1 N–H and O–H groups in total. The zero-order valence-corrected chi connectivity index (χ0v) is 19.2. The molecular formula is C26H27ClN2O3. The van der Waals surface area contributed by atoms with E-state index >= 15 is 0 Å². The molecule has 0 atom stereocenters. The Labute approximate surface area is 193 Å². The molecule has 6 heteroatoms. The molecule has 0 unspecified atom stereocenters. The van der Waals surface area contributed by atoms with Crippen LogP contribution in [0.5, 0.6) is 5.75 Å². The average molecular weight is 451 g/mol. The van der Waals surface area contributed by atoms with Crippen molar-refractivity contribution in [1.82, 2.24) is 10.4 Å². The molecule has 0 aliphatic heterocycles. The molecule has 0 aliphatic carbocycles. The van der Waals surface area contributed by atoms with Crippen molar-refractivity contribution in [2.45, 2.75) is 32.7 Å². The molecule has 2 amide bonds. The number of carbonyl (C=O) groups excluding carboxylic acids is 2. The standard InChI is InChI=1S/C26H27ClN2O3/c1-18(2)29(28-26(31)20-10-5-4-6-11-20)25(30)16-13-19-9-7-8-12-22(19)23-17-21(27)14-15-24(23)32-3/h4-12,14-15,17-18H,13,16H2,1-3H3,(H,28,31). The van der Waals surface area contributed by atoms with Gasteiger partial charge in [0.05, 0.1) is 7.11 Å². The lowest BCUT2D eigenvalue weighted by molar-refractivity contribution is -0.135. The predicted molar refractivity (Wildman–Crippen MR) is 128 cm³/mol. The number of nitrogens with one attached hydrogen (secondary N) is 1. The molecule has 3 aromatic carbocycles.